The van der Waals surface area contributed by atoms with Gasteiger partial charge in [0.2, 0.25) is 15.6 Å². The molecule has 0 spiro atoms. The van der Waals surface area contributed by atoms with Gasteiger partial charge in [0.1, 0.15) is 6.07 Å². The van der Waals surface area contributed by atoms with Gasteiger partial charge in [0.15, 0.2) is 5.83 Å². The average molecular weight is 280 g/mol. The Morgan fingerprint density at radius 1 is 1.44 bits per heavy atom. The molecule has 1 rings (SSSR count). The molecule has 0 atom stereocenters. The number of allylic oxidation sites excluding steroid dienone is 1. The minimum absolute atomic E-state index is 0.0590. The monoisotopic (exact) mass is 280 g/mol. The third-order valence-corrected chi connectivity index (χ3v) is 3.39. The number of aryl methyl sites for hydroxylation is 1. The van der Waals surface area contributed by atoms with Crippen molar-refractivity contribution in [2.45, 2.75) is 18.6 Å². The van der Waals surface area contributed by atoms with E-state index in [1.54, 1.807) is 6.07 Å². The molecule has 1 heterocycles. The molecule has 0 aliphatic heterocycles. The number of halogens is 3. The van der Waals surface area contributed by atoms with Gasteiger partial charge in [0.25, 0.3) is 0 Å². The summed E-state index contributed by atoms with van der Waals surface area (Å²) in [6.45, 7) is 1.35. The lowest BCUT2D eigenvalue weighted by Gasteiger charge is -1.97. The van der Waals surface area contributed by atoms with Crippen LogP contribution in [0.2, 0.25) is 0 Å². The highest BCUT2D eigenvalue weighted by atomic mass is 32.2. The van der Waals surface area contributed by atoms with E-state index < -0.39 is 39.1 Å². The Morgan fingerprint density at radius 2 is 2.06 bits per heavy atom. The molecule has 0 aliphatic rings. The summed E-state index contributed by atoms with van der Waals surface area (Å²) in [6, 6.07) is 1.57. The van der Waals surface area contributed by atoms with Crippen molar-refractivity contribution in [3.8, 4) is 6.07 Å². The van der Waals surface area contributed by atoms with Gasteiger partial charge >= 0.3 is 11.3 Å². The van der Waals surface area contributed by atoms with Crippen LogP contribution in [0.5, 0.6) is 0 Å². The van der Waals surface area contributed by atoms with E-state index >= 15 is 0 Å². The van der Waals surface area contributed by atoms with E-state index in [-0.39, 0.29) is 11.5 Å². The van der Waals surface area contributed by atoms with Crippen LogP contribution in [0.25, 0.3) is 0 Å². The molecule has 0 saturated carbocycles. The van der Waals surface area contributed by atoms with Crippen LogP contribution in [0.15, 0.2) is 21.5 Å². The van der Waals surface area contributed by atoms with Crippen molar-refractivity contribution in [2.75, 3.05) is 5.75 Å². The molecule has 0 aliphatic carbocycles. The lowest BCUT2D eigenvalue weighted by atomic mass is 10.4. The van der Waals surface area contributed by atoms with Crippen molar-refractivity contribution in [1.29, 1.82) is 5.26 Å². The van der Waals surface area contributed by atoms with Gasteiger partial charge in [-0.05, 0) is 6.92 Å². The summed E-state index contributed by atoms with van der Waals surface area (Å²) in [4.78, 5) is 3.47. The predicted octanol–water partition coefficient (Wildman–Crippen LogP) is 2.10. The topological polar surface area (TPSA) is 84.0 Å². The second-order valence-electron chi connectivity index (χ2n) is 3.24. The summed E-state index contributed by atoms with van der Waals surface area (Å²) in [6.07, 6.45) is -3.54. The number of oxazole rings is 1. The lowest BCUT2D eigenvalue weighted by molar-refractivity contribution is 0.372. The molecular formula is C9H7F3N2O3S. The van der Waals surface area contributed by atoms with Gasteiger partial charge in [-0.2, -0.15) is 14.0 Å². The fourth-order valence-corrected chi connectivity index (χ4v) is 2.12. The number of nitrogens with zero attached hydrogens (tertiary/aromatic N) is 2. The summed E-state index contributed by atoms with van der Waals surface area (Å²) in [7, 11) is -4.14. The van der Waals surface area contributed by atoms with Crippen LogP contribution in [0, 0.1) is 18.3 Å². The second kappa shape index (κ2) is 5.22. The zero-order valence-electron chi connectivity index (χ0n) is 9.08. The standard InChI is InChI=1S/C9H7F3N2O3S/c1-5-7(4-13)17-9(14-5)18(15,16)3-2-6(10)8(11)12/h2-3H2,1H3. The van der Waals surface area contributed by atoms with Gasteiger partial charge in [0, 0.05) is 6.42 Å². The van der Waals surface area contributed by atoms with Gasteiger partial charge in [-0.25, -0.2) is 17.8 Å². The maximum absolute atomic E-state index is 12.5. The fourth-order valence-electron chi connectivity index (χ4n) is 1.01. The van der Waals surface area contributed by atoms with Crippen molar-refractivity contribution in [3.63, 3.8) is 0 Å². The number of nitriles is 1. The summed E-state index contributed by atoms with van der Waals surface area (Å²) >= 11 is 0. The van der Waals surface area contributed by atoms with E-state index in [2.05, 4.69) is 9.40 Å². The molecule has 1 aromatic rings. The Kier molecular flexibility index (Phi) is 4.13. The zero-order chi connectivity index (χ0) is 13.9. The zero-order valence-corrected chi connectivity index (χ0v) is 9.89. The number of rotatable bonds is 4. The molecule has 0 saturated heterocycles. The molecule has 0 N–H and O–H groups in total. The average Bonchev–Trinajstić information content (AvgIpc) is 2.68. The molecule has 0 unspecified atom stereocenters. The maximum atomic E-state index is 12.5. The minimum atomic E-state index is -4.14. The first-order chi connectivity index (χ1) is 8.27. The molecule has 18 heavy (non-hydrogen) atoms. The molecule has 0 amide bonds. The van der Waals surface area contributed by atoms with Gasteiger partial charge in [-0.3, -0.25) is 0 Å². The molecule has 98 valence electrons. The van der Waals surface area contributed by atoms with Crippen LogP contribution >= 0.6 is 0 Å². The van der Waals surface area contributed by atoms with Crippen molar-refractivity contribution >= 4 is 9.84 Å². The Bertz CT molecular complexity index is 624. The Hall–Kier alpha value is -1.82. The highest BCUT2D eigenvalue weighted by Gasteiger charge is 2.24. The SMILES string of the molecule is Cc1nc(S(=O)(=O)CCC(F)=C(F)F)oc1C#N. The normalized spacial score (nSPS) is 11.1. The van der Waals surface area contributed by atoms with Crippen LogP contribution in [0.3, 0.4) is 0 Å². The lowest BCUT2D eigenvalue weighted by Crippen LogP contribution is -2.07. The summed E-state index contributed by atoms with van der Waals surface area (Å²) < 4.78 is 63.7. The Morgan fingerprint density at radius 3 is 2.50 bits per heavy atom. The third-order valence-electron chi connectivity index (χ3n) is 1.94. The predicted molar refractivity (Wildman–Crippen MR) is 53.0 cm³/mol. The molecule has 0 bridgehead atoms. The maximum Gasteiger partial charge on any atom is 0.316 e. The number of aromatic nitrogens is 1. The van der Waals surface area contributed by atoms with Gasteiger partial charge in [-0.15, -0.1) is 0 Å². The van der Waals surface area contributed by atoms with E-state index in [4.69, 9.17) is 5.26 Å². The molecular weight excluding hydrogens is 273 g/mol. The minimum Gasteiger partial charge on any atom is -0.417 e. The first-order valence-electron chi connectivity index (χ1n) is 4.58. The highest BCUT2D eigenvalue weighted by Crippen LogP contribution is 2.19. The smallest absolute Gasteiger partial charge is 0.316 e. The van der Waals surface area contributed by atoms with Gasteiger partial charge in [-0.1, -0.05) is 0 Å². The van der Waals surface area contributed by atoms with Crippen LogP contribution < -0.4 is 0 Å². The molecule has 0 radical (unpaired) electrons. The largest absolute Gasteiger partial charge is 0.417 e. The van der Waals surface area contributed by atoms with Crippen molar-refractivity contribution in [3.05, 3.63) is 23.4 Å². The van der Waals surface area contributed by atoms with E-state index in [0.29, 0.717) is 0 Å². The van der Waals surface area contributed by atoms with E-state index in [9.17, 15) is 21.6 Å². The van der Waals surface area contributed by atoms with Gasteiger partial charge in [0.05, 0.1) is 11.4 Å². The molecule has 1 aromatic heterocycles. The summed E-state index contributed by atoms with van der Waals surface area (Å²) in [5.74, 6) is -3.01. The van der Waals surface area contributed by atoms with E-state index in [1.165, 1.54) is 6.92 Å². The number of hydrogen-bond donors (Lipinski definition) is 0. The van der Waals surface area contributed by atoms with Crippen molar-refractivity contribution < 1.29 is 26.0 Å². The highest BCUT2D eigenvalue weighted by molar-refractivity contribution is 7.91. The fraction of sp³-hybridized carbons (Fsp3) is 0.333. The number of sulfone groups is 1. The van der Waals surface area contributed by atoms with Crippen LogP contribution in [0.1, 0.15) is 17.9 Å². The third kappa shape index (κ3) is 3.10. The van der Waals surface area contributed by atoms with E-state index in [0.717, 1.165) is 0 Å². The van der Waals surface area contributed by atoms with Crippen LogP contribution in [-0.2, 0) is 9.84 Å². The van der Waals surface area contributed by atoms with Crippen molar-refractivity contribution in [2.24, 2.45) is 0 Å². The Balaban J connectivity index is 2.94. The first kappa shape index (κ1) is 14.2. The van der Waals surface area contributed by atoms with Gasteiger partial charge < -0.3 is 4.42 Å². The molecule has 0 aromatic carbocycles. The molecule has 9 heteroatoms. The second-order valence-corrected chi connectivity index (χ2v) is 5.23. The van der Waals surface area contributed by atoms with Crippen LogP contribution in [-0.4, -0.2) is 19.2 Å². The number of hydrogen-bond acceptors (Lipinski definition) is 5. The molecule has 5 nitrogen and oxygen atoms in total. The van der Waals surface area contributed by atoms with E-state index in [1.807, 2.05) is 0 Å². The van der Waals surface area contributed by atoms with Crippen LogP contribution in [0.4, 0.5) is 13.2 Å². The summed E-state index contributed by atoms with van der Waals surface area (Å²) in [5, 5.41) is 7.77. The molecule has 0 fully saturated rings. The first-order valence-corrected chi connectivity index (χ1v) is 6.23. The Labute approximate surface area is 100 Å². The summed E-state index contributed by atoms with van der Waals surface area (Å²) in [5.41, 5.74) is 0.0590. The van der Waals surface area contributed by atoms with Crippen molar-refractivity contribution in [1.82, 2.24) is 4.98 Å². The quantitative estimate of drug-likeness (QED) is 0.843.